The summed E-state index contributed by atoms with van der Waals surface area (Å²) in [5.41, 5.74) is 2.30. The molecule has 196 valence electrons. The molecule has 0 saturated heterocycles. The summed E-state index contributed by atoms with van der Waals surface area (Å²) in [6, 6.07) is -0.607. The van der Waals surface area contributed by atoms with E-state index in [0.717, 1.165) is 103 Å². The van der Waals surface area contributed by atoms with Crippen LogP contribution in [0.15, 0.2) is 0 Å². The van der Waals surface area contributed by atoms with E-state index in [9.17, 15) is 22.8 Å². The van der Waals surface area contributed by atoms with Gasteiger partial charge in [0.2, 0.25) is 0 Å². The van der Waals surface area contributed by atoms with Crippen LogP contribution in [0, 0.1) is 0 Å². The van der Waals surface area contributed by atoms with Gasteiger partial charge in [-0.25, -0.2) is 9.59 Å². The van der Waals surface area contributed by atoms with Crippen LogP contribution in [0.2, 0.25) is 0 Å². The Morgan fingerprint density at radius 2 is 1.50 bits per heavy atom. The smallest absolute Gasteiger partial charge is 0.425 e. The number of carbonyl (C=O) groups excluding carboxylic acids is 2. The first-order chi connectivity index (χ1) is 17.3. The van der Waals surface area contributed by atoms with Gasteiger partial charge in [-0.1, -0.05) is 6.42 Å². The quantitative estimate of drug-likeness (QED) is 0.389. The zero-order valence-electron chi connectivity index (χ0n) is 20.2. The topological polar surface area (TPSA) is 67.4 Å². The van der Waals surface area contributed by atoms with Crippen LogP contribution in [0.3, 0.4) is 0 Å². The van der Waals surface area contributed by atoms with Gasteiger partial charge in [0.05, 0.1) is 5.56 Å². The number of rotatable bonds is 5. The first kappa shape index (κ1) is 25.6. The van der Waals surface area contributed by atoms with Gasteiger partial charge < -0.3 is 10.1 Å². The maximum atomic E-state index is 13.7. The summed E-state index contributed by atoms with van der Waals surface area (Å²) in [7, 11) is 0. The fraction of sp³-hybridized carbons (Fsp3) is 0.615. The number of nitrogens with one attached hydrogen (secondary N) is 2. The molecular weight excluding hydrogens is 509 g/mol. The van der Waals surface area contributed by atoms with Gasteiger partial charge in [0.15, 0.2) is 0 Å². The lowest BCUT2D eigenvalue weighted by molar-refractivity contribution is -0.135. The number of amides is 2. The molecule has 0 atom stereocenters. The number of fused-ring (bicyclic) bond motifs is 2. The molecule has 0 aromatic carbocycles. The van der Waals surface area contributed by atoms with E-state index in [-0.39, 0.29) is 18.2 Å². The number of anilines is 1. The van der Waals surface area contributed by atoms with Gasteiger partial charge in [-0.15, -0.1) is 22.7 Å². The van der Waals surface area contributed by atoms with Crippen molar-refractivity contribution in [3.8, 4) is 0 Å². The van der Waals surface area contributed by atoms with Crippen LogP contribution in [0.5, 0.6) is 0 Å². The van der Waals surface area contributed by atoms with Gasteiger partial charge in [0.25, 0.3) is 0 Å². The van der Waals surface area contributed by atoms with Crippen molar-refractivity contribution in [3.05, 3.63) is 36.9 Å². The molecular formula is C26H31F3N2O3S2. The molecule has 2 amide bonds. The van der Waals surface area contributed by atoms with Crippen molar-refractivity contribution in [1.82, 2.24) is 5.32 Å². The Labute approximate surface area is 216 Å². The third kappa shape index (κ3) is 5.44. The monoisotopic (exact) mass is 540 g/mol. The lowest BCUT2D eigenvalue weighted by Gasteiger charge is -2.22. The Kier molecular flexibility index (Phi) is 7.62. The van der Waals surface area contributed by atoms with Crippen molar-refractivity contribution in [2.45, 2.75) is 102 Å². The number of urea groups is 1. The highest BCUT2D eigenvalue weighted by Crippen LogP contribution is 2.43. The molecule has 10 heteroatoms. The Bertz CT molecular complexity index is 1130. The van der Waals surface area contributed by atoms with Crippen LogP contribution in [-0.2, 0) is 43.1 Å². The van der Waals surface area contributed by atoms with E-state index in [2.05, 4.69) is 10.6 Å². The van der Waals surface area contributed by atoms with Crippen molar-refractivity contribution in [2.75, 3.05) is 5.32 Å². The molecule has 0 radical (unpaired) electrons. The van der Waals surface area contributed by atoms with E-state index in [0.29, 0.717) is 23.4 Å². The van der Waals surface area contributed by atoms with E-state index >= 15 is 0 Å². The summed E-state index contributed by atoms with van der Waals surface area (Å²) in [5, 5.41) is 5.85. The summed E-state index contributed by atoms with van der Waals surface area (Å²) >= 11 is 2.19. The SMILES string of the molecule is O=C(NCc1c(C(F)(F)F)sc2c1CCCC2)Nc1sc2c(c1C(=O)OC1CCCCC1)CCCC2. The van der Waals surface area contributed by atoms with Crippen molar-refractivity contribution < 1.29 is 27.5 Å². The molecule has 0 aliphatic heterocycles. The Morgan fingerprint density at radius 3 is 2.19 bits per heavy atom. The van der Waals surface area contributed by atoms with Crippen molar-refractivity contribution in [1.29, 1.82) is 0 Å². The lowest BCUT2D eigenvalue weighted by Crippen LogP contribution is -2.30. The summed E-state index contributed by atoms with van der Waals surface area (Å²) in [6.45, 7) is -0.195. The maximum absolute atomic E-state index is 13.7. The molecule has 2 heterocycles. The van der Waals surface area contributed by atoms with E-state index in [1.165, 1.54) is 11.3 Å². The summed E-state index contributed by atoms with van der Waals surface area (Å²) in [4.78, 5) is 27.3. The minimum Gasteiger partial charge on any atom is -0.459 e. The number of esters is 1. The van der Waals surface area contributed by atoms with Gasteiger partial charge in [0, 0.05) is 16.3 Å². The number of aryl methyl sites for hydroxylation is 2. The number of carbonyl (C=O) groups is 2. The van der Waals surface area contributed by atoms with Gasteiger partial charge in [0.1, 0.15) is 16.0 Å². The van der Waals surface area contributed by atoms with Gasteiger partial charge in [-0.2, -0.15) is 13.2 Å². The third-order valence-electron chi connectivity index (χ3n) is 7.39. The largest absolute Gasteiger partial charge is 0.459 e. The van der Waals surface area contributed by atoms with E-state index < -0.39 is 23.1 Å². The maximum Gasteiger partial charge on any atom is 0.425 e. The van der Waals surface area contributed by atoms with Crippen LogP contribution in [-0.4, -0.2) is 18.1 Å². The van der Waals surface area contributed by atoms with E-state index in [1.807, 2.05) is 0 Å². The van der Waals surface area contributed by atoms with Crippen LogP contribution in [0.1, 0.15) is 99.5 Å². The molecule has 3 aliphatic rings. The molecule has 3 aliphatic carbocycles. The first-order valence-corrected chi connectivity index (χ1v) is 14.6. The second-order valence-electron chi connectivity index (χ2n) is 9.90. The number of ether oxygens (including phenoxy) is 1. The van der Waals surface area contributed by atoms with Crippen LogP contribution in [0.4, 0.5) is 23.0 Å². The van der Waals surface area contributed by atoms with Gasteiger partial charge in [-0.3, -0.25) is 5.32 Å². The molecule has 0 bridgehead atoms. The fourth-order valence-corrected chi connectivity index (χ4v) is 8.17. The van der Waals surface area contributed by atoms with Crippen LogP contribution < -0.4 is 10.6 Å². The molecule has 2 aromatic rings. The Hall–Kier alpha value is -2.07. The normalized spacial score (nSPS) is 18.3. The van der Waals surface area contributed by atoms with Crippen molar-refractivity contribution in [2.24, 2.45) is 0 Å². The Balaban J connectivity index is 1.32. The summed E-state index contributed by atoms with van der Waals surface area (Å²) in [6.07, 6.45) is 7.02. The van der Waals surface area contributed by atoms with Crippen molar-refractivity contribution in [3.63, 3.8) is 0 Å². The standard InChI is InChI=1S/C26H31F3N2O3S2/c27-26(28,29)22-18(16-10-4-6-12-19(16)35-22)14-30-25(33)31-23-21(17-11-5-7-13-20(17)36-23)24(32)34-15-8-2-1-3-9-15/h15H,1-14H2,(H2,30,31,33). The predicted octanol–water partition coefficient (Wildman–Crippen LogP) is 7.40. The first-order valence-electron chi connectivity index (χ1n) is 12.9. The number of thiophene rings is 2. The summed E-state index contributed by atoms with van der Waals surface area (Å²) < 4.78 is 46.9. The lowest BCUT2D eigenvalue weighted by atomic mass is 9.94. The second-order valence-corrected chi connectivity index (χ2v) is 12.1. The molecule has 0 spiro atoms. The number of hydrogen-bond donors (Lipinski definition) is 2. The average Bonchev–Trinajstić information content (AvgIpc) is 3.41. The molecule has 5 nitrogen and oxygen atoms in total. The molecule has 36 heavy (non-hydrogen) atoms. The minimum atomic E-state index is -4.45. The molecule has 2 aromatic heterocycles. The zero-order valence-corrected chi connectivity index (χ0v) is 21.8. The van der Waals surface area contributed by atoms with Crippen LogP contribution >= 0.6 is 22.7 Å². The van der Waals surface area contributed by atoms with Crippen LogP contribution in [0.25, 0.3) is 0 Å². The predicted molar refractivity (Wildman–Crippen MR) is 135 cm³/mol. The molecule has 5 rings (SSSR count). The number of alkyl halides is 3. The van der Waals surface area contributed by atoms with Gasteiger partial charge in [-0.05, 0) is 93.7 Å². The highest BCUT2D eigenvalue weighted by molar-refractivity contribution is 7.17. The minimum absolute atomic E-state index is 0.0994. The molecule has 0 unspecified atom stereocenters. The molecule has 1 fully saturated rings. The zero-order chi connectivity index (χ0) is 25.3. The number of halogens is 3. The van der Waals surface area contributed by atoms with E-state index in [1.54, 1.807) is 0 Å². The third-order valence-corrected chi connectivity index (χ3v) is 9.98. The number of hydrogen-bond acceptors (Lipinski definition) is 5. The van der Waals surface area contributed by atoms with Gasteiger partial charge >= 0.3 is 18.2 Å². The summed E-state index contributed by atoms with van der Waals surface area (Å²) in [5.74, 6) is -0.400. The Morgan fingerprint density at radius 1 is 0.861 bits per heavy atom. The molecule has 2 N–H and O–H groups in total. The highest BCUT2D eigenvalue weighted by atomic mass is 32.1. The second kappa shape index (κ2) is 10.7. The fourth-order valence-electron chi connectivity index (χ4n) is 5.63. The highest BCUT2D eigenvalue weighted by Gasteiger charge is 2.38. The molecule has 1 saturated carbocycles. The van der Waals surface area contributed by atoms with E-state index in [4.69, 9.17) is 4.74 Å². The van der Waals surface area contributed by atoms with Crippen molar-refractivity contribution >= 4 is 39.7 Å². The average molecular weight is 541 g/mol.